The van der Waals surface area contributed by atoms with Gasteiger partial charge in [0.1, 0.15) is 36.5 Å². The molecule has 0 aromatic heterocycles. The molecule has 1 spiro atoms. The van der Waals surface area contributed by atoms with Crippen molar-refractivity contribution in [3.63, 3.8) is 0 Å². The fourth-order valence-corrected chi connectivity index (χ4v) is 10.3. The number of carbonyl (C=O) groups excluding carboxylic acids is 4. The number of amides is 3. The molecule has 5 aromatic rings. The van der Waals surface area contributed by atoms with E-state index in [1.165, 1.54) is 7.11 Å². The standard InChI is InChI=1S/C50H49N3O11/c1-59-26-27-63-49(58)52-37-20-12-11-19-36(37)50(48(52)57)41(46(55)51-23-22-33-28-39(60-2)40(61-3)29-34(33)30-51)43-47(56)64-44(32-16-8-5-9-17-32)42(31-14-6-4-7-15-31)53(43)45(50)35-18-10-13-21-38(35)62-25-24-54/h4-21,28-29,41-45,54H,22-27,30H2,1-3H3/t41-,42-,43-,44+,45+,50-/m1/s1. The number of benzene rings is 5. The van der Waals surface area contributed by atoms with Crippen LogP contribution in [-0.2, 0) is 47.0 Å². The molecule has 330 valence electrons. The Labute approximate surface area is 370 Å². The molecule has 0 bridgehead atoms. The van der Waals surface area contributed by atoms with Crippen molar-refractivity contribution in [1.29, 1.82) is 0 Å². The Morgan fingerprint density at radius 2 is 1.41 bits per heavy atom. The van der Waals surface area contributed by atoms with Crippen molar-refractivity contribution in [3.8, 4) is 17.2 Å². The van der Waals surface area contributed by atoms with Crippen LogP contribution in [0.1, 0.15) is 51.6 Å². The number of fused-ring (bicyclic) bond motifs is 4. The van der Waals surface area contributed by atoms with Crippen molar-refractivity contribution in [3.05, 3.63) is 155 Å². The molecule has 9 rings (SSSR count). The smallest absolute Gasteiger partial charge is 0.421 e. The van der Waals surface area contributed by atoms with Gasteiger partial charge < -0.3 is 38.4 Å². The van der Waals surface area contributed by atoms with Crippen LogP contribution in [0.15, 0.2) is 121 Å². The Balaban J connectivity index is 1.33. The van der Waals surface area contributed by atoms with E-state index in [0.29, 0.717) is 40.4 Å². The van der Waals surface area contributed by atoms with E-state index in [1.807, 2.05) is 83.8 Å². The van der Waals surface area contributed by atoms with Gasteiger partial charge in [0, 0.05) is 25.8 Å². The van der Waals surface area contributed by atoms with Gasteiger partial charge in [0.2, 0.25) is 11.8 Å². The minimum atomic E-state index is -1.98. The molecule has 14 nitrogen and oxygen atoms in total. The summed E-state index contributed by atoms with van der Waals surface area (Å²) in [6.07, 6.45) is -1.41. The maximum atomic E-state index is 16.3. The molecule has 0 unspecified atom stereocenters. The van der Waals surface area contributed by atoms with Gasteiger partial charge in [-0.1, -0.05) is 97.1 Å². The fourth-order valence-electron chi connectivity index (χ4n) is 10.3. The quantitative estimate of drug-likeness (QED) is 0.114. The molecule has 64 heavy (non-hydrogen) atoms. The molecule has 2 fully saturated rings. The zero-order chi connectivity index (χ0) is 44.5. The number of imide groups is 1. The second kappa shape index (κ2) is 17.8. The number of carbonyl (C=O) groups is 4. The molecule has 4 aliphatic rings. The molecule has 5 aromatic carbocycles. The van der Waals surface area contributed by atoms with Gasteiger partial charge in [0.15, 0.2) is 11.5 Å². The number of methoxy groups -OCH3 is 3. The molecule has 0 aliphatic carbocycles. The van der Waals surface area contributed by atoms with Gasteiger partial charge in [-0.15, -0.1) is 0 Å². The lowest BCUT2D eigenvalue weighted by molar-refractivity contribution is -0.179. The second-order valence-corrected chi connectivity index (χ2v) is 16.1. The molecule has 4 heterocycles. The molecule has 0 saturated carbocycles. The van der Waals surface area contributed by atoms with E-state index < -0.39 is 59.4 Å². The third-order valence-electron chi connectivity index (χ3n) is 12.9. The van der Waals surface area contributed by atoms with Crippen LogP contribution in [0.25, 0.3) is 0 Å². The highest BCUT2D eigenvalue weighted by molar-refractivity contribution is 6.23. The summed E-state index contributed by atoms with van der Waals surface area (Å²) in [6.45, 7) is -0.0592. The van der Waals surface area contributed by atoms with Crippen LogP contribution in [0.3, 0.4) is 0 Å². The summed E-state index contributed by atoms with van der Waals surface area (Å²) in [4.78, 5) is 66.9. The topological polar surface area (TPSA) is 154 Å². The SMILES string of the molecule is COCCOC(=O)N1C(=O)[C@@]2(c3ccccc31)[C@H](c1ccccc1OCCO)N1[C@H](c3ccccc3)[C@H](c3ccccc3)OC(=O)[C@H]1[C@@H]2C(=O)N1CCc2cc(OC)c(OC)cc2C1. The van der Waals surface area contributed by atoms with Crippen LogP contribution in [0.2, 0.25) is 0 Å². The Morgan fingerprint density at radius 3 is 2.11 bits per heavy atom. The summed E-state index contributed by atoms with van der Waals surface area (Å²) >= 11 is 0. The average molecular weight is 868 g/mol. The zero-order valence-electron chi connectivity index (χ0n) is 35.8. The zero-order valence-corrected chi connectivity index (χ0v) is 35.8. The summed E-state index contributed by atoms with van der Waals surface area (Å²) in [6, 6.07) is 33.4. The van der Waals surface area contributed by atoms with Crippen molar-refractivity contribution in [2.75, 3.05) is 59.2 Å². The molecule has 0 radical (unpaired) electrons. The molecule has 2 saturated heterocycles. The normalized spacial score (nSPS) is 23.5. The van der Waals surface area contributed by atoms with Crippen molar-refractivity contribution in [1.82, 2.24) is 9.80 Å². The van der Waals surface area contributed by atoms with E-state index in [0.717, 1.165) is 21.6 Å². The second-order valence-electron chi connectivity index (χ2n) is 16.1. The van der Waals surface area contributed by atoms with Crippen LogP contribution in [-0.4, -0.2) is 99.1 Å². The number of esters is 1. The molecule has 1 N–H and O–H groups in total. The van der Waals surface area contributed by atoms with Gasteiger partial charge >= 0.3 is 12.1 Å². The van der Waals surface area contributed by atoms with E-state index in [9.17, 15) is 9.90 Å². The molecule has 4 aliphatic heterocycles. The minimum absolute atomic E-state index is 0.0777. The van der Waals surface area contributed by atoms with Crippen LogP contribution in [0, 0.1) is 5.92 Å². The van der Waals surface area contributed by atoms with Crippen LogP contribution >= 0.6 is 0 Å². The number of ether oxygens (including phenoxy) is 6. The van der Waals surface area contributed by atoms with Gasteiger partial charge in [-0.05, 0) is 58.5 Å². The predicted molar refractivity (Wildman–Crippen MR) is 233 cm³/mol. The van der Waals surface area contributed by atoms with Crippen LogP contribution in [0.5, 0.6) is 17.2 Å². The van der Waals surface area contributed by atoms with Crippen molar-refractivity contribution < 1.29 is 52.7 Å². The summed E-state index contributed by atoms with van der Waals surface area (Å²) in [5, 5.41) is 10.0. The van der Waals surface area contributed by atoms with Crippen molar-refractivity contribution in [2.24, 2.45) is 5.92 Å². The first-order valence-electron chi connectivity index (χ1n) is 21.3. The Morgan fingerprint density at radius 1 is 0.750 bits per heavy atom. The number of hydrogen-bond acceptors (Lipinski definition) is 12. The van der Waals surface area contributed by atoms with Gasteiger partial charge in [-0.3, -0.25) is 19.3 Å². The third-order valence-corrected chi connectivity index (χ3v) is 12.9. The molecule has 14 heteroatoms. The highest BCUT2D eigenvalue weighted by atomic mass is 16.6. The van der Waals surface area contributed by atoms with Crippen LogP contribution < -0.4 is 19.1 Å². The lowest BCUT2D eigenvalue weighted by Gasteiger charge is -2.46. The van der Waals surface area contributed by atoms with E-state index in [-0.39, 0.29) is 45.2 Å². The predicted octanol–water partition coefficient (Wildman–Crippen LogP) is 6.11. The number of anilines is 1. The molecular formula is C50H49N3O11. The number of rotatable bonds is 12. The number of para-hydroxylation sites is 2. The summed E-state index contributed by atoms with van der Waals surface area (Å²) < 4.78 is 35.0. The number of aliphatic hydroxyl groups is 1. The maximum absolute atomic E-state index is 16.3. The lowest BCUT2D eigenvalue weighted by Crippen LogP contribution is -2.57. The first kappa shape index (κ1) is 42.6. The first-order valence-corrected chi connectivity index (χ1v) is 21.3. The molecule has 6 atom stereocenters. The van der Waals surface area contributed by atoms with E-state index >= 15 is 14.4 Å². The Kier molecular flexibility index (Phi) is 11.8. The van der Waals surface area contributed by atoms with Gasteiger partial charge in [0.05, 0.1) is 51.1 Å². The maximum Gasteiger partial charge on any atom is 0.421 e. The number of aliphatic hydroxyl groups excluding tert-OH is 1. The van der Waals surface area contributed by atoms with Crippen molar-refractivity contribution in [2.45, 2.75) is 42.6 Å². The fraction of sp³-hybridized carbons (Fsp3) is 0.320. The number of cyclic esters (lactones) is 1. The minimum Gasteiger partial charge on any atom is -0.493 e. The first-order chi connectivity index (χ1) is 31.3. The highest BCUT2D eigenvalue weighted by Gasteiger charge is 2.76. The number of nitrogens with zero attached hydrogens (tertiary/aromatic N) is 3. The monoisotopic (exact) mass is 867 g/mol. The van der Waals surface area contributed by atoms with Gasteiger partial charge in [-0.2, -0.15) is 0 Å². The Bertz CT molecular complexity index is 2560. The van der Waals surface area contributed by atoms with Gasteiger partial charge in [-0.25, -0.2) is 9.69 Å². The number of morpholine rings is 1. The highest BCUT2D eigenvalue weighted by Crippen LogP contribution is 2.67. The lowest BCUT2D eigenvalue weighted by atomic mass is 9.65. The largest absolute Gasteiger partial charge is 0.493 e. The number of hydrogen-bond donors (Lipinski definition) is 1. The van der Waals surface area contributed by atoms with Gasteiger partial charge in [0.25, 0.3) is 0 Å². The third kappa shape index (κ3) is 6.93. The van der Waals surface area contributed by atoms with E-state index in [2.05, 4.69) is 0 Å². The summed E-state index contributed by atoms with van der Waals surface area (Å²) in [5.74, 6) is -2.01. The average Bonchev–Trinajstić information content (AvgIpc) is 3.79. The summed E-state index contributed by atoms with van der Waals surface area (Å²) in [7, 11) is 4.59. The molecular weight excluding hydrogens is 819 g/mol. The van der Waals surface area contributed by atoms with E-state index in [4.69, 9.17) is 28.4 Å². The van der Waals surface area contributed by atoms with Crippen molar-refractivity contribution >= 4 is 29.6 Å². The van der Waals surface area contributed by atoms with Crippen LogP contribution in [0.4, 0.5) is 10.5 Å². The Hall–Kier alpha value is -6.74. The van der Waals surface area contributed by atoms with E-state index in [1.54, 1.807) is 61.6 Å². The molecule has 3 amide bonds. The summed E-state index contributed by atoms with van der Waals surface area (Å²) in [5.41, 5.74) is 2.32.